The highest BCUT2D eigenvalue weighted by Gasteiger charge is 2.08. The molecule has 116 valence electrons. The Morgan fingerprint density at radius 3 is 2.61 bits per heavy atom. The van der Waals surface area contributed by atoms with Gasteiger partial charge in [-0.2, -0.15) is 0 Å². The van der Waals surface area contributed by atoms with E-state index in [-0.39, 0.29) is 0 Å². The van der Waals surface area contributed by atoms with Crippen LogP contribution in [-0.2, 0) is 0 Å². The normalized spacial score (nSPS) is 11.9. The Balaban J connectivity index is 1.71. The van der Waals surface area contributed by atoms with Crippen molar-refractivity contribution in [1.82, 2.24) is 9.97 Å². The predicted molar refractivity (Wildman–Crippen MR) is 91.8 cm³/mol. The van der Waals surface area contributed by atoms with Crippen molar-refractivity contribution < 1.29 is 5.11 Å². The minimum absolute atomic E-state index is 0.372. The molecule has 2 aromatic carbocycles. The molecule has 0 spiro atoms. The standard InChI is InChI=1S/C18H18N4O/c19-15-8-4-7-14(9-15)16-10-18(22-12-21-16)20-11-17(23)13-5-2-1-3-6-13/h1-10,12,17,23H,11,19H2,(H,20,21,22). The van der Waals surface area contributed by atoms with Gasteiger partial charge in [0.15, 0.2) is 0 Å². The van der Waals surface area contributed by atoms with E-state index in [9.17, 15) is 5.11 Å². The van der Waals surface area contributed by atoms with Gasteiger partial charge < -0.3 is 16.2 Å². The number of rotatable bonds is 5. The topological polar surface area (TPSA) is 84.1 Å². The van der Waals surface area contributed by atoms with E-state index in [4.69, 9.17) is 5.73 Å². The van der Waals surface area contributed by atoms with Crippen molar-refractivity contribution in [3.8, 4) is 11.3 Å². The van der Waals surface area contributed by atoms with Crippen LogP contribution < -0.4 is 11.1 Å². The zero-order valence-corrected chi connectivity index (χ0v) is 12.6. The van der Waals surface area contributed by atoms with Crippen molar-refractivity contribution in [2.45, 2.75) is 6.10 Å². The van der Waals surface area contributed by atoms with Crippen LogP contribution in [0.4, 0.5) is 11.5 Å². The van der Waals surface area contributed by atoms with Crippen LogP contribution in [-0.4, -0.2) is 21.6 Å². The lowest BCUT2D eigenvalue weighted by Gasteiger charge is -2.13. The number of aliphatic hydroxyl groups is 1. The number of anilines is 2. The van der Waals surface area contributed by atoms with E-state index >= 15 is 0 Å². The Hall–Kier alpha value is -2.92. The second-order valence-electron chi connectivity index (χ2n) is 5.22. The first-order chi connectivity index (χ1) is 11.2. The average Bonchev–Trinajstić information content (AvgIpc) is 2.61. The molecule has 5 nitrogen and oxygen atoms in total. The van der Waals surface area contributed by atoms with Crippen LogP contribution in [0.2, 0.25) is 0 Å². The van der Waals surface area contributed by atoms with Gasteiger partial charge in [0.25, 0.3) is 0 Å². The summed E-state index contributed by atoms with van der Waals surface area (Å²) >= 11 is 0. The summed E-state index contributed by atoms with van der Waals surface area (Å²) in [5.74, 6) is 0.660. The van der Waals surface area contributed by atoms with Gasteiger partial charge in [-0.05, 0) is 17.7 Å². The van der Waals surface area contributed by atoms with Crippen LogP contribution in [0.1, 0.15) is 11.7 Å². The number of nitrogen functional groups attached to an aromatic ring is 1. The lowest BCUT2D eigenvalue weighted by atomic mass is 10.1. The van der Waals surface area contributed by atoms with Crippen LogP contribution in [0.25, 0.3) is 11.3 Å². The smallest absolute Gasteiger partial charge is 0.130 e. The van der Waals surface area contributed by atoms with Gasteiger partial charge in [0.1, 0.15) is 12.1 Å². The first-order valence-electron chi connectivity index (χ1n) is 7.37. The van der Waals surface area contributed by atoms with Crippen molar-refractivity contribution in [2.75, 3.05) is 17.6 Å². The van der Waals surface area contributed by atoms with Crippen LogP contribution >= 0.6 is 0 Å². The lowest BCUT2D eigenvalue weighted by Crippen LogP contribution is -2.13. The number of hydrogen-bond acceptors (Lipinski definition) is 5. The monoisotopic (exact) mass is 306 g/mol. The Morgan fingerprint density at radius 1 is 1.00 bits per heavy atom. The number of nitrogens with one attached hydrogen (secondary N) is 1. The Kier molecular flexibility index (Phi) is 4.49. The van der Waals surface area contributed by atoms with Crippen molar-refractivity contribution >= 4 is 11.5 Å². The molecule has 0 bridgehead atoms. The van der Waals surface area contributed by atoms with E-state index in [0.29, 0.717) is 18.1 Å². The Bertz CT molecular complexity index is 777. The van der Waals surface area contributed by atoms with Crippen LogP contribution in [0.15, 0.2) is 67.0 Å². The van der Waals surface area contributed by atoms with Crippen molar-refractivity contribution in [1.29, 1.82) is 0 Å². The minimum atomic E-state index is -0.595. The van der Waals surface area contributed by atoms with Crippen molar-refractivity contribution in [3.63, 3.8) is 0 Å². The summed E-state index contributed by atoms with van der Waals surface area (Å²) in [6, 6.07) is 18.9. The van der Waals surface area contributed by atoms with Gasteiger partial charge in [-0.15, -0.1) is 0 Å². The molecule has 1 atom stereocenters. The summed E-state index contributed by atoms with van der Waals surface area (Å²) in [6.07, 6.45) is 0.900. The molecule has 0 saturated heterocycles. The predicted octanol–water partition coefficient (Wildman–Crippen LogP) is 2.87. The maximum Gasteiger partial charge on any atom is 0.130 e. The molecule has 3 rings (SSSR count). The summed E-state index contributed by atoms with van der Waals surface area (Å²) in [5, 5.41) is 13.3. The summed E-state index contributed by atoms with van der Waals surface area (Å²) in [7, 11) is 0. The maximum atomic E-state index is 10.2. The highest BCUT2D eigenvalue weighted by Crippen LogP contribution is 2.21. The third-order valence-electron chi connectivity index (χ3n) is 3.51. The van der Waals surface area contributed by atoms with Gasteiger partial charge in [-0.1, -0.05) is 42.5 Å². The van der Waals surface area contributed by atoms with E-state index in [1.807, 2.05) is 60.7 Å². The van der Waals surface area contributed by atoms with E-state index in [1.54, 1.807) is 0 Å². The van der Waals surface area contributed by atoms with Crippen LogP contribution in [0.3, 0.4) is 0 Å². The first kappa shape index (κ1) is 15.0. The molecule has 0 radical (unpaired) electrons. The molecule has 23 heavy (non-hydrogen) atoms. The van der Waals surface area contributed by atoms with Crippen molar-refractivity contribution in [3.05, 3.63) is 72.6 Å². The third-order valence-corrected chi connectivity index (χ3v) is 3.51. The van der Waals surface area contributed by atoms with E-state index in [2.05, 4.69) is 15.3 Å². The summed E-state index contributed by atoms with van der Waals surface area (Å²) < 4.78 is 0. The highest BCUT2D eigenvalue weighted by atomic mass is 16.3. The highest BCUT2D eigenvalue weighted by molar-refractivity contribution is 5.65. The summed E-state index contributed by atoms with van der Waals surface area (Å²) in [4.78, 5) is 8.46. The van der Waals surface area contributed by atoms with Crippen molar-refractivity contribution in [2.24, 2.45) is 0 Å². The molecular weight excluding hydrogens is 288 g/mol. The van der Waals surface area contributed by atoms with Gasteiger partial charge in [0.05, 0.1) is 11.8 Å². The fourth-order valence-corrected chi connectivity index (χ4v) is 2.30. The zero-order chi connectivity index (χ0) is 16.1. The Labute approximate surface area is 134 Å². The lowest BCUT2D eigenvalue weighted by molar-refractivity contribution is 0.191. The molecule has 0 saturated carbocycles. The molecule has 0 fully saturated rings. The molecular formula is C18H18N4O. The van der Waals surface area contributed by atoms with Crippen LogP contribution in [0, 0.1) is 0 Å². The summed E-state index contributed by atoms with van der Waals surface area (Å²) in [5.41, 5.74) is 9.07. The number of benzene rings is 2. The largest absolute Gasteiger partial charge is 0.399 e. The Morgan fingerprint density at radius 2 is 1.83 bits per heavy atom. The van der Waals surface area contributed by atoms with Gasteiger partial charge >= 0.3 is 0 Å². The van der Waals surface area contributed by atoms with Gasteiger partial charge in [0.2, 0.25) is 0 Å². The van der Waals surface area contributed by atoms with E-state index in [0.717, 1.165) is 16.8 Å². The molecule has 3 aromatic rings. The molecule has 1 unspecified atom stereocenters. The number of nitrogens with zero attached hydrogens (tertiary/aromatic N) is 2. The zero-order valence-electron chi connectivity index (χ0n) is 12.6. The van der Waals surface area contributed by atoms with Gasteiger partial charge in [0, 0.05) is 23.9 Å². The molecule has 5 heteroatoms. The molecule has 0 amide bonds. The second-order valence-corrected chi connectivity index (χ2v) is 5.22. The van der Waals surface area contributed by atoms with Gasteiger partial charge in [-0.3, -0.25) is 0 Å². The van der Waals surface area contributed by atoms with Gasteiger partial charge in [-0.25, -0.2) is 9.97 Å². The maximum absolute atomic E-state index is 10.2. The number of aromatic nitrogens is 2. The summed E-state index contributed by atoms with van der Waals surface area (Å²) in [6.45, 7) is 0.372. The third kappa shape index (κ3) is 3.84. The molecule has 1 aromatic heterocycles. The molecule has 0 aliphatic carbocycles. The number of nitrogens with two attached hydrogens (primary N) is 1. The molecule has 0 aliphatic heterocycles. The minimum Gasteiger partial charge on any atom is -0.399 e. The first-order valence-corrected chi connectivity index (χ1v) is 7.37. The van der Waals surface area contributed by atoms with E-state index in [1.165, 1.54) is 6.33 Å². The number of aliphatic hydroxyl groups excluding tert-OH is 1. The fraction of sp³-hybridized carbons (Fsp3) is 0.111. The van der Waals surface area contributed by atoms with E-state index < -0.39 is 6.10 Å². The van der Waals surface area contributed by atoms with Crippen LogP contribution in [0.5, 0.6) is 0 Å². The second kappa shape index (κ2) is 6.89. The molecule has 0 aliphatic rings. The SMILES string of the molecule is Nc1cccc(-c2cc(NCC(O)c3ccccc3)ncn2)c1. The molecule has 4 N–H and O–H groups in total. The molecule has 1 heterocycles. The fourth-order valence-electron chi connectivity index (χ4n) is 2.30. The quantitative estimate of drug-likeness (QED) is 0.631. The average molecular weight is 306 g/mol. The number of hydrogen-bond donors (Lipinski definition) is 3.